The average Bonchev–Trinajstić information content (AvgIpc) is 4.09. The predicted octanol–water partition coefficient (Wildman–Crippen LogP) is 7.91. The van der Waals surface area contributed by atoms with Gasteiger partial charge in [0.05, 0.1) is 119 Å². The Bertz CT molecular complexity index is 2680. The number of hydrogen-bond donors (Lipinski definition) is 2. The summed E-state index contributed by atoms with van der Waals surface area (Å²) < 4.78 is 39.4. The predicted molar refractivity (Wildman–Crippen MR) is 289 cm³/mol. The average molecular weight is 1080 g/mol. The third-order valence-electron chi connectivity index (χ3n) is 12.4. The third-order valence-corrected chi connectivity index (χ3v) is 14.3. The summed E-state index contributed by atoms with van der Waals surface area (Å²) in [6.45, 7) is 21.5. The topological polar surface area (TPSA) is 206 Å². The van der Waals surface area contributed by atoms with E-state index in [-0.39, 0.29) is 75.9 Å². The molecule has 3 heterocycles. The largest absolute Gasteiger partial charge is 0.457 e. The minimum absolute atomic E-state index is 0.0123. The van der Waals surface area contributed by atoms with Gasteiger partial charge in [0, 0.05) is 19.4 Å². The highest BCUT2D eigenvalue weighted by Gasteiger charge is 2.44. The SMILES string of the molecule is [C-]#[N+]c1ccc(Oc2ccc(/C=C3\SC(=O)N(CCOCCOCCOCCOCCOCCOCC(=O)N[C@H](C(=O)N4C[C@H](O)CC4C(=O)CCc4ccc(-c5scnc5C)cc4)C(C)(C)C)C3=O)cc2C)c(C)c1. The summed E-state index contributed by atoms with van der Waals surface area (Å²) in [6.07, 6.45) is 1.71. The van der Waals surface area contributed by atoms with E-state index in [1.807, 2.05) is 89.5 Å². The number of rotatable bonds is 30. The molecule has 2 fully saturated rings. The Morgan fingerprint density at radius 3 is 1.99 bits per heavy atom. The Kier molecular flexibility index (Phi) is 23.1. The summed E-state index contributed by atoms with van der Waals surface area (Å²) in [5, 5.41) is 13.0. The van der Waals surface area contributed by atoms with Gasteiger partial charge in [-0.2, -0.15) is 0 Å². The molecule has 3 aromatic carbocycles. The third kappa shape index (κ3) is 17.9. The van der Waals surface area contributed by atoms with Crippen molar-refractivity contribution in [3.63, 3.8) is 0 Å². The highest BCUT2D eigenvalue weighted by atomic mass is 32.2. The fourth-order valence-corrected chi connectivity index (χ4v) is 9.97. The van der Waals surface area contributed by atoms with Gasteiger partial charge in [0.2, 0.25) is 11.8 Å². The van der Waals surface area contributed by atoms with E-state index in [1.165, 1.54) is 9.80 Å². The minimum atomic E-state index is -0.950. The molecule has 1 aromatic heterocycles. The lowest BCUT2D eigenvalue weighted by atomic mass is 9.85. The maximum Gasteiger partial charge on any atom is 0.293 e. The van der Waals surface area contributed by atoms with Crippen molar-refractivity contribution in [2.45, 2.75) is 79.0 Å². The number of carbonyl (C=O) groups is 5. The zero-order chi connectivity index (χ0) is 54.6. The van der Waals surface area contributed by atoms with Crippen LogP contribution in [0.2, 0.25) is 0 Å². The van der Waals surface area contributed by atoms with Crippen LogP contribution in [0.5, 0.6) is 11.5 Å². The Balaban J connectivity index is 0.750. The fraction of sp³-hybridized carbons (Fsp3) is 0.482. The lowest BCUT2D eigenvalue weighted by molar-refractivity contribution is -0.144. The number of benzene rings is 3. The second kappa shape index (κ2) is 29.6. The first kappa shape index (κ1) is 59.4. The number of nitrogens with one attached hydrogen (secondary N) is 1. The number of likely N-dealkylation sites (tertiary alicyclic amines) is 1. The zero-order valence-corrected chi connectivity index (χ0v) is 45.8. The number of imide groups is 1. The van der Waals surface area contributed by atoms with Gasteiger partial charge in [0.1, 0.15) is 24.1 Å². The van der Waals surface area contributed by atoms with Crippen molar-refractivity contribution in [1.29, 1.82) is 0 Å². The number of aryl methyl sites for hydroxylation is 4. The molecule has 4 amide bonds. The normalized spacial score (nSPS) is 16.6. The minimum Gasteiger partial charge on any atom is -0.457 e. The van der Waals surface area contributed by atoms with Crippen molar-refractivity contribution in [3.8, 4) is 21.9 Å². The van der Waals surface area contributed by atoms with Crippen LogP contribution in [0.25, 0.3) is 21.4 Å². The standard InChI is InChI=1S/C56H69N5O13S2/c1-37-30-41(11-16-47(37)74-48-17-14-43(57-7)31-38(48)2)32-49-53(65)60(55(67)76-49)18-19-68-20-21-69-22-23-70-24-25-71-26-27-72-28-29-73-35-50(64)59-52(56(4,5)6)54(66)61-34-44(62)33-45(61)46(63)15-10-40-8-12-42(13-9-40)51-39(3)58-36-75-51/h8-9,11-14,16-17,30-32,36,44-45,52,62H,10,15,18-29,33-35H2,1-6H3,(H,59,64)/b49-32-/t44-,45?,52-/m1/s1. The Morgan fingerprint density at radius 1 is 0.829 bits per heavy atom. The van der Waals surface area contributed by atoms with Gasteiger partial charge in [-0.3, -0.25) is 28.9 Å². The van der Waals surface area contributed by atoms with E-state index in [4.69, 9.17) is 39.7 Å². The lowest BCUT2D eigenvalue weighted by Crippen LogP contribution is -2.57. The summed E-state index contributed by atoms with van der Waals surface area (Å²) in [5.41, 5.74) is 7.17. The van der Waals surface area contributed by atoms with Crippen molar-refractivity contribution in [2.75, 3.05) is 92.4 Å². The van der Waals surface area contributed by atoms with Crippen LogP contribution < -0.4 is 10.1 Å². The number of aliphatic hydroxyl groups is 1. The number of ketones is 1. The van der Waals surface area contributed by atoms with E-state index in [1.54, 1.807) is 35.6 Å². The van der Waals surface area contributed by atoms with Gasteiger partial charge < -0.3 is 48.5 Å². The molecule has 2 aliphatic heterocycles. The molecule has 0 bridgehead atoms. The highest BCUT2D eigenvalue weighted by Crippen LogP contribution is 2.35. The van der Waals surface area contributed by atoms with E-state index in [9.17, 15) is 29.1 Å². The first-order valence-electron chi connectivity index (χ1n) is 25.3. The molecule has 0 aliphatic carbocycles. The van der Waals surface area contributed by atoms with Crippen LogP contribution in [0.15, 0.2) is 71.1 Å². The molecule has 408 valence electrons. The number of amides is 4. The van der Waals surface area contributed by atoms with Crippen molar-refractivity contribution in [2.24, 2.45) is 5.41 Å². The molecule has 18 nitrogen and oxygen atoms in total. The van der Waals surface area contributed by atoms with Gasteiger partial charge in [0.15, 0.2) is 11.5 Å². The molecule has 1 unspecified atom stereocenters. The number of carbonyl (C=O) groups excluding carboxylic acids is 5. The quantitative estimate of drug-likeness (QED) is 0.0289. The first-order valence-corrected chi connectivity index (χ1v) is 27.0. The van der Waals surface area contributed by atoms with Gasteiger partial charge in [0.25, 0.3) is 11.1 Å². The number of aliphatic hydroxyl groups excluding tert-OH is 1. The van der Waals surface area contributed by atoms with E-state index in [2.05, 4.69) is 15.1 Å². The number of thioether (sulfide) groups is 1. The Hall–Kier alpha value is -5.86. The molecular formula is C56H69N5O13S2. The monoisotopic (exact) mass is 1080 g/mol. The smallest absolute Gasteiger partial charge is 0.293 e. The molecule has 3 atom stereocenters. The van der Waals surface area contributed by atoms with E-state index in [0.29, 0.717) is 74.8 Å². The number of nitrogens with zero attached hydrogens (tertiary/aromatic N) is 4. The van der Waals surface area contributed by atoms with E-state index >= 15 is 0 Å². The molecule has 0 spiro atoms. The van der Waals surface area contributed by atoms with Gasteiger partial charge in [-0.1, -0.05) is 57.2 Å². The summed E-state index contributed by atoms with van der Waals surface area (Å²) in [5.74, 6) is -0.102. The maximum atomic E-state index is 13.9. The molecular weight excluding hydrogens is 1010 g/mol. The molecule has 76 heavy (non-hydrogen) atoms. The van der Waals surface area contributed by atoms with Gasteiger partial charge in [-0.15, -0.1) is 11.3 Å². The first-order chi connectivity index (χ1) is 36.5. The highest BCUT2D eigenvalue weighted by molar-refractivity contribution is 8.18. The number of β-amino-alcohol motifs (C(OH)–C–C–N with tert-alkyl or cyclic N) is 1. The summed E-state index contributed by atoms with van der Waals surface area (Å²) in [6, 6.07) is 17.1. The Morgan fingerprint density at radius 2 is 1.42 bits per heavy atom. The summed E-state index contributed by atoms with van der Waals surface area (Å²) in [7, 11) is 0. The zero-order valence-electron chi connectivity index (χ0n) is 44.1. The molecule has 2 aliphatic rings. The maximum absolute atomic E-state index is 13.9. The fourth-order valence-electron chi connectivity index (χ4n) is 8.29. The van der Waals surface area contributed by atoms with Crippen LogP contribution >= 0.6 is 23.1 Å². The Labute approximate surface area is 453 Å². The van der Waals surface area contributed by atoms with E-state index < -0.39 is 35.4 Å². The second-order valence-electron chi connectivity index (χ2n) is 19.3. The second-order valence-corrected chi connectivity index (χ2v) is 21.2. The van der Waals surface area contributed by atoms with Crippen LogP contribution in [0.4, 0.5) is 10.5 Å². The van der Waals surface area contributed by atoms with Gasteiger partial charge in [-0.05, 0) is 103 Å². The number of thiazole rings is 1. The van der Waals surface area contributed by atoms with Crippen molar-refractivity contribution >= 4 is 63.6 Å². The lowest BCUT2D eigenvalue weighted by Gasteiger charge is -2.35. The van der Waals surface area contributed by atoms with Crippen LogP contribution in [-0.4, -0.2) is 159 Å². The van der Waals surface area contributed by atoms with Crippen molar-refractivity contribution in [3.05, 3.63) is 110 Å². The number of Topliss-reactive ketones (excluding diaryl/α,β-unsaturated/α-hetero) is 1. The summed E-state index contributed by atoms with van der Waals surface area (Å²) >= 11 is 2.47. The number of aromatic nitrogens is 1. The van der Waals surface area contributed by atoms with Crippen LogP contribution in [0.1, 0.15) is 61.6 Å². The van der Waals surface area contributed by atoms with Crippen LogP contribution in [-0.2, 0) is 54.0 Å². The van der Waals surface area contributed by atoms with Crippen LogP contribution in [0, 0.1) is 32.8 Å². The van der Waals surface area contributed by atoms with Gasteiger partial charge >= 0.3 is 0 Å². The van der Waals surface area contributed by atoms with Crippen molar-refractivity contribution in [1.82, 2.24) is 20.1 Å². The van der Waals surface area contributed by atoms with Crippen molar-refractivity contribution < 1.29 is 62.2 Å². The van der Waals surface area contributed by atoms with E-state index in [0.717, 1.165) is 50.2 Å². The molecule has 2 saturated heterocycles. The summed E-state index contributed by atoms with van der Waals surface area (Å²) in [4.78, 5) is 77.9. The molecule has 4 aromatic rings. The molecule has 20 heteroatoms. The molecule has 0 saturated carbocycles. The van der Waals surface area contributed by atoms with Crippen LogP contribution in [0.3, 0.4) is 0 Å². The molecule has 0 radical (unpaired) electrons. The van der Waals surface area contributed by atoms with Gasteiger partial charge in [-0.25, -0.2) is 9.83 Å². The number of hydrogen-bond acceptors (Lipinski definition) is 16. The molecule has 6 rings (SSSR count). The number of ether oxygens (including phenoxy) is 7. The molecule has 2 N–H and O–H groups in total.